The zero-order valence-electron chi connectivity index (χ0n) is 52.0. The van der Waals surface area contributed by atoms with Crippen molar-refractivity contribution in [3.63, 3.8) is 0 Å². The third-order valence-electron chi connectivity index (χ3n) is 16.5. The molecule has 14 heteroatoms. The first-order chi connectivity index (χ1) is 40.1. The average molecular weight is 1160 g/mol. The standard InChI is InChI=1S/C68H125NO13/c1-3-5-7-9-11-13-15-17-19-21-23-24-25-26-27-28-29-30-31-32-33-34-35-37-39-41-43-45-47-49-51-57(72)56(69-60(73)52-50-48-46-44-42-40-38-36-22-20-18-16-14-12-10-8-6-4-2)55-79-67-65(78)63(76)66(59(54-71)81-67)82-68-64(77)62(75)61(74)58(53-70)80-68/h20,22,34-35,41,43,49,51,56-59,61-68,70-72,74-78H,3-19,21,23-33,36-40,42,44-48,50,52-55H2,1-2H3,(H,69,73)/b22-20-,35-34+,43-41+,51-49+. The van der Waals surface area contributed by atoms with Crippen molar-refractivity contribution in [1.82, 2.24) is 5.32 Å². The monoisotopic (exact) mass is 1160 g/mol. The highest BCUT2D eigenvalue weighted by atomic mass is 16.7. The maximum absolute atomic E-state index is 13.3. The second kappa shape index (κ2) is 53.2. The third kappa shape index (κ3) is 37.5. The van der Waals surface area contributed by atoms with Crippen molar-refractivity contribution in [2.24, 2.45) is 0 Å². The summed E-state index contributed by atoms with van der Waals surface area (Å²) in [4.78, 5) is 13.3. The number of carbonyl (C=O) groups excluding carboxylic acids is 1. The molecule has 0 aromatic heterocycles. The van der Waals surface area contributed by atoms with Crippen LogP contribution in [0.25, 0.3) is 0 Å². The van der Waals surface area contributed by atoms with E-state index in [1.54, 1.807) is 6.08 Å². The van der Waals surface area contributed by atoms with E-state index in [2.05, 4.69) is 55.6 Å². The van der Waals surface area contributed by atoms with Gasteiger partial charge in [0.05, 0.1) is 32.0 Å². The molecule has 0 bridgehead atoms. The summed E-state index contributed by atoms with van der Waals surface area (Å²) in [6, 6.07) is -0.942. The number of ether oxygens (including phenoxy) is 4. The number of unbranched alkanes of at least 4 members (excludes halogenated alkanes) is 36. The molecule has 2 heterocycles. The molecule has 82 heavy (non-hydrogen) atoms. The zero-order valence-corrected chi connectivity index (χ0v) is 52.0. The Kier molecular flexibility index (Phi) is 49.3. The fraction of sp³-hybridized carbons (Fsp3) is 0.868. The Morgan fingerprint density at radius 2 is 0.780 bits per heavy atom. The molecule has 14 nitrogen and oxygen atoms in total. The highest BCUT2D eigenvalue weighted by Gasteiger charge is 2.51. The lowest BCUT2D eigenvalue weighted by molar-refractivity contribution is -0.359. The molecule has 12 unspecified atom stereocenters. The predicted molar refractivity (Wildman–Crippen MR) is 332 cm³/mol. The Bertz CT molecular complexity index is 1560. The molecule has 0 radical (unpaired) electrons. The number of amides is 1. The number of hydrogen-bond donors (Lipinski definition) is 9. The van der Waals surface area contributed by atoms with E-state index < -0.39 is 86.8 Å². The lowest BCUT2D eigenvalue weighted by Gasteiger charge is -2.46. The molecule has 1 amide bonds. The molecule has 0 saturated carbocycles. The van der Waals surface area contributed by atoms with Crippen LogP contribution in [0.5, 0.6) is 0 Å². The van der Waals surface area contributed by atoms with Crippen LogP contribution in [0.15, 0.2) is 48.6 Å². The number of carbonyl (C=O) groups is 1. The van der Waals surface area contributed by atoms with Crippen LogP contribution in [0, 0.1) is 0 Å². The minimum absolute atomic E-state index is 0.256. The van der Waals surface area contributed by atoms with Gasteiger partial charge in [-0.3, -0.25) is 4.79 Å². The zero-order chi connectivity index (χ0) is 59.5. The van der Waals surface area contributed by atoms with Gasteiger partial charge in [-0.25, -0.2) is 0 Å². The van der Waals surface area contributed by atoms with Gasteiger partial charge in [-0.2, -0.15) is 0 Å². The van der Waals surface area contributed by atoms with Gasteiger partial charge in [-0.05, 0) is 70.6 Å². The Hall–Kier alpha value is -2.05. The van der Waals surface area contributed by atoms with Crippen LogP contribution in [0.1, 0.15) is 284 Å². The molecule has 9 N–H and O–H groups in total. The summed E-state index contributed by atoms with van der Waals surface area (Å²) >= 11 is 0. The smallest absolute Gasteiger partial charge is 0.220 e. The Labute approximate surface area is 499 Å². The molecule has 2 saturated heterocycles. The summed E-state index contributed by atoms with van der Waals surface area (Å²) in [5.74, 6) is -0.256. The van der Waals surface area contributed by atoms with Gasteiger partial charge >= 0.3 is 0 Å². The molecule has 2 rings (SSSR count). The van der Waals surface area contributed by atoms with Gasteiger partial charge in [0.25, 0.3) is 0 Å². The Balaban J connectivity index is 1.71. The maximum atomic E-state index is 13.3. The van der Waals surface area contributed by atoms with Crippen molar-refractivity contribution in [3.8, 4) is 0 Å². The summed E-state index contributed by atoms with van der Waals surface area (Å²) in [7, 11) is 0. The number of aliphatic hydroxyl groups is 8. The van der Waals surface area contributed by atoms with Crippen molar-refractivity contribution >= 4 is 5.91 Å². The first-order valence-electron chi connectivity index (χ1n) is 33.9. The van der Waals surface area contributed by atoms with Crippen LogP contribution in [0.4, 0.5) is 0 Å². The maximum Gasteiger partial charge on any atom is 0.220 e. The average Bonchev–Trinajstić information content (AvgIpc) is 3.53. The highest BCUT2D eigenvalue weighted by molar-refractivity contribution is 5.76. The topological polar surface area (TPSA) is 228 Å². The third-order valence-corrected chi connectivity index (χ3v) is 16.5. The minimum atomic E-state index is -1.79. The molecular formula is C68H125NO13. The van der Waals surface area contributed by atoms with E-state index in [1.807, 2.05) is 6.08 Å². The van der Waals surface area contributed by atoms with Crippen LogP contribution in [-0.4, -0.2) is 140 Å². The number of aliphatic hydroxyl groups excluding tert-OH is 8. The van der Waals surface area contributed by atoms with E-state index >= 15 is 0 Å². The molecule has 0 spiro atoms. The highest BCUT2D eigenvalue weighted by Crippen LogP contribution is 2.30. The van der Waals surface area contributed by atoms with Gasteiger partial charge in [0, 0.05) is 6.42 Å². The van der Waals surface area contributed by atoms with Crippen molar-refractivity contribution in [2.75, 3.05) is 19.8 Å². The van der Waals surface area contributed by atoms with Gasteiger partial charge < -0.3 is 65.1 Å². The largest absolute Gasteiger partial charge is 0.394 e. The lowest BCUT2D eigenvalue weighted by atomic mass is 9.97. The van der Waals surface area contributed by atoms with Gasteiger partial charge in [-0.1, -0.05) is 255 Å². The molecule has 0 aromatic rings. The molecular weight excluding hydrogens is 1040 g/mol. The Morgan fingerprint density at radius 3 is 1.20 bits per heavy atom. The van der Waals surface area contributed by atoms with Crippen LogP contribution in [-0.2, 0) is 23.7 Å². The fourth-order valence-electron chi connectivity index (χ4n) is 11.0. The van der Waals surface area contributed by atoms with Crippen LogP contribution in [0.3, 0.4) is 0 Å². The van der Waals surface area contributed by atoms with Crippen molar-refractivity contribution in [1.29, 1.82) is 0 Å². The first-order valence-corrected chi connectivity index (χ1v) is 33.9. The van der Waals surface area contributed by atoms with E-state index in [0.29, 0.717) is 12.8 Å². The van der Waals surface area contributed by atoms with E-state index in [4.69, 9.17) is 18.9 Å². The van der Waals surface area contributed by atoms with Gasteiger partial charge in [-0.15, -0.1) is 0 Å². The van der Waals surface area contributed by atoms with Crippen molar-refractivity contribution in [3.05, 3.63) is 48.6 Å². The SMILES string of the molecule is CCCCCCCCC/C=C\CCCCCCCCCC(=O)NC(COC1OC(CO)C(OC2OC(CO)C(O)C(O)C2O)C(O)C1O)C(O)/C=C/CC/C=C/CC/C=C/CCCCCCCCCCCCCCCCCCCCCC. The summed E-state index contributed by atoms with van der Waals surface area (Å²) in [5, 5.41) is 87.3. The van der Waals surface area contributed by atoms with E-state index in [0.717, 1.165) is 51.4 Å². The minimum Gasteiger partial charge on any atom is -0.394 e. The molecule has 2 fully saturated rings. The summed E-state index contributed by atoms with van der Waals surface area (Å²) in [6.07, 6.45) is 51.7. The van der Waals surface area contributed by atoms with E-state index in [1.165, 1.54) is 199 Å². The molecule has 0 aromatic carbocycles. The predicted octanol–water partition coefficient (Wildman–Crippen LogP) is 13.1. The number of nitrogens with one attached hydrogen (secondary N) is 1. The van der Waals surface area contributed by atoms with Crippen LogP contribution < -0.4 is 5.32 Å². The lowest BCUT2D eigenvalue weighted by Crippen LogP contribution is -2.65. The van der Waals surface area contributed by atoms with Gasteiger partial charge in [0.1, 0.15) is 48.8 Å². The van der Waals surface area contributed by atoms with Crippen molar-refractivity contribution in [2.45, 2.75) is 357 Å². The van der Waals surface area contributed by atoms with Crippen LogP contribution >= 0.6 is 0 Å². The summed E-state index contributed by atoms with van der Waals surface area (Å²) in [5.41, 5.74) is 0. The van der Waals surface area contributed by atoms with Crippen molar-refractivity contribution < 1.29 is 64.6 Å². The Morgan fingerprint density at radius 1 is 0.427 bits per heavy atom. The van der Waals surface area contributed by atoms with E-state index in [9.17, 15) is 45.6 Å². The molecule has 480 valence electrons. The quantitative estimate of drug-likeness (QED) is 0.0204. The van der Waals surface area contributed by atoms with Crippen LogP contribution in [0.2, 0.25) is 0 Å². The number of rotatable bonds is 55. The van der Waals surface area contributed by atoms with E-state index in [-0.39, 0.29) is 18.9 Å². The molecule has 2 aliphatic rings. The molecule has 2 aliphatic heterocycles. The van der Waals surface area contributed by atoms with Gasteiger partial charge in [0.2, 0.25) is 5.91 Å². The van der Waals surface area contributed by atoms with Gasteiger partial charge in [0.15, 0.2) is 12.6 Å². The number of hydrogen-bond acceptors (Lipinski definition) is 13. The number of allylic oxidation sites excluding steroid dienone is 7. The first kappa shape index (κ1) is 76.0. The second-order valence-electron chi connectivity index (χ2n) is 23.9. The summed E-state index contributed by atoms with van der Waals surface area (Å²) < 4.78 is 22.8. The normalized spacial score (nSPS) is 24.2. The molecule has 12 atom stereocenters. The second-order valence-corrected chi connectivity index (χ2v) is 23.9. The summed E-state index contributed by atoms with van der Waals surface area (Å²) in [6.45, 7) is 2.80. The fourth-order valence-corrected chi connectivity index (χ4v) is 11.0. The molecule has 0 aliphatic carbocycles.